The van der Waals surface area contributed by atoms with Crippen LogP contribution in [0, 0.1) is 12.8 Å². The monoisotopic (exact) mass is 472 g/mol. The van der Waals surface area contributed by atoms with E-state index in [0.29, 0.717) is 25.7 Å². The molecule has 33 heavy (non-hydrogen) atoms. The molecule has 0 amide bonds. The van der Waals surface area contributed by atoms with E-state index in [1.165, 1.54) is 0 Å². The summed E-state index contributed by atoms with van der Waals surface area (Å²) in [5, 5.41) is 0. The smallest absolute Gasteiger partial charge is 0.240 e. The van der Waals surface area contributed by atoms with Crippen LogP contribution in [0.2, 0.25) is 0 Å². The van der Waals surface area contributed by atoms with Gasteiger partial charge in [-0.15, -0.1) is 0 Å². The zero-order valence-electron chi connectivity index (χ0n) is 20.1. The molecule has 3 aromatic rings. The second-order valence-electron chi connectivity index (χ2n) is 8.98. The van der Waals surface area contributed by atoms with Crippen LogP contribution < -0.4 is 4.72 Å². The molecule has 1 atom stereocenters. The quantitative estimate of drug-likeness (QED) is 0.365. The van der Waals surface area contributed by atoms with Crippen LogP contribution in [0.25, 0.3) is 11.0 Å². The van der Waals surface area contributed by atoms with Crippen molar-refractivity contribution >= 4 is 21.1 Å². The molecule has 0 aliphatic heterocycles. The maximum atomic E-state index is 13.0. The summed E-state index contributed by atoms with van der Waals surface area (Å²) >= 11 is 0. The van der Waals surface area contributed by atoms with Crippen molar-refractivity contribution in [2.75, 3.05) is 13.2 Å². The third-order valence-corrected chi connectivity index (χ3v) is 7.14. The molecule has 0 saturated carbocycles. The van der Waals surface area contributed by atoms with E-state index in [-0.39, 0.29) is 10.9 Å². The molecule has 0 fully saturated rings. The van der Waals surface area contributed by atoms with Gasteiger partial charge in [-0.05, 0) is 49.4 Å². The average molecular weight is 473 g/mol. The molecule has 0 spiro atoms. The Morgan fingerprint density at radius 3 is 2.58 bits per heavy atom. The summed E-state index contributed by atoms with van der Waals surface area (Å²) in [7, 11) is -3.63. The minimum atomic E-state index is -3.63. The fourth-order valence-corrected chi connectivity index (χ4v) is 5.18. The lowest BCUT2D eigenvalue weighted by molar-refractivity contribution is 0.108. The predicted molar refractivity (Wildman–Crippen MR) is 132 cm³/mol. The Morgan fingerprint density at radius 2 is 1.88 bits per heavy atom. The number of hydrogen-bond acceptors (Lipinski definition) is 5. The number of unbranched alkanes of at least 4 members (excludes halogenated alkanes) is 2. The van der Waals surface area contributed by atoms with Gasteiger partial charge < -0.3 is 9.30 Å². The molecule has 0 aliphatic rings. The Hall–Kier alpha value is -2.29. The van der Waals surface area contributed by atoms with Crippen molar-refractivity contribution in [3.63, 3.8) is 0 Å². The van der Waals surface area contributed by atoms with E-state index in [2.05, 4.69) is 40.0 Å². The van der Waals surface area contributed by atoms with Gasteiger partial charge in [-0.3, -0.25) is 4.98 Å². The lowest BCUT2D eigenvalue weighted by Gasteiger charge is -2.21. The number of nitrogens with one attached hydrogen (secondary N) is 1. The summed E-state index contributed by atoms with van der Waals surface area (Å²) in [6.45, 7) is 9.95. The molecule has 0 saturated heterocycles. The number of sulfonamides is 1. The molecule has 2 aromatic heterocycles. The number of aromatic nitrogens is 3. The number of ether oxygens (including phenoxy) is 1. The minimum absolute atomic E-state index is 0.245. The zero-order valence-corrected chi connectivity index (χ0v) is 20.9. The number of rotatable bonds is 13. The molecule has 0 radical (unpaired) electrons. The number of hydrogen-bond donors (Lipinski definition) is 1. The first-order chi connectivity index (χ1) is 15.8. The SMILES string of the molecule is CCCCCOCC(CC(C)C)NS(=O)(=O)c1ccc(Cn2c(C)nc3cnccc32)cc1. The highest BCUT2D eigenvalue weighted by molar-refractivity contribution is 7.89. The van der Waals surface area contributed by atoms with Crippen LogP contribution in [0.3, 0.4) is 0 Å². The minimum Gasteiger partial charge on any atom is -0.380 e. The number of benzene rings is 1. The first-order valence-electron chi connectivity index (χ1n) is 11.8. The van der Waals surface area contributed by atoms with E-state index >= 15 is 0 Å². The molecule has 0 aliphatic carbocycles. The lowest BCUT2D eigenvalue weighted by atomic mass is 10.1. The van der Waals surface area contributed by atoms with Crippen molar-refractivity contribution in [2.24, 2.45) is 5.92 Å². The first kappa shape index (κ1) is 25.3. The van der Waals surface area contributed by atoms with Crippen LogP contribution >= 0.6 is 0 Å². The molecule has 7 nitrogen and oxygen atoms in total. The number of aryl methyl sites for hydroxylation is 1. The van der Waals surface area contributed by atoms with Gasteiger partial charge in [-0.1, -0.05) is 45.7 Å². The van der Waals surface area contributed by atoms with Crippen LogP contribution in [-0.2, 0) is 21.3 Å². The topological polar surface area (TPSA) is 86.1 Å². The van der Waals surface area contributed by atoms with Crippen molar-refractivity contribution in [2.45, 2.75) is 70.9 Å². The van der Waals surface area contributed by atoms with E-state index in [9.17, 15) is 8.42 Å². The number of pyridine rings is 1. The molecule has 1 unspecified atom stereocenters. The Labute approximate surface area is 197 Å². The van der Waals surface area contributed by atoms with E-state index < -0.39 is 10.0 Å². The molecular formula is C25H36N4O3S. The molecule has 2 heterocycles. The van der Waals surface area contributed by atoms with Crippen molar-refractivity contribution in [3.8, 4) is 0 Å². The van der Waals surface area contributed by atoms with Crippen molar-refractivity contribution < 1.29 is 13.2 Å². The van der Waals surface area contributed by atoms with E-state index in [1.807, 2.05) is 25.1 Å². The highest BCUT2D eigenvalue weighted by Gasteiger charge is 2.21. The summed E-state index contributed by atoms with van der Waals surface area (Å²) < 4.78 is 36.8. The van der Waals surface area contributed by atoms with Crippen LogP contribution in [0.1, 0.15) is 57.8 Å². The van der Waals surface area contributed by atoms with Crippen molar-refractivity contribution in [1.82, 2.24) is 19.3 Å². The van der Waals surface area contributed by atoms with Gasteiger partial charge in [0.05, 0.1) is 23.2 Å². The Balaban J connectivity index is 1.67. The summed E-state index contributed by atoms with van der Waals surface area (Å²) in [6.07, 6.45) is 7.49. The van der Waals surface area contributed by atoms with E-state index in [0.717, 1.165) is 48.1 Å². The largest absolute Gasteiger partial charge is 0.380 e. The van der Waals surface area contributed by atoms with Gasteiger partial charge in [0.25, 0.3) is 0 Å². The van der Waals surface area contributed by atoms with Gasteiger partial charge in [-0.2, -0.15) is 0 Å². The molecule has 180 valence electrons. The van der Waals surface area contributed by atoms with E-state index in [1.54, 1.807) is 24.5 Å². The third kappa shape index (κ3) is 7.09. The standard InChI is InChI=1S/C25H36N4O3S/c1-5-6-7-14-32-18-22(15-19(2)3)28-33(30,31)23-10-8-21(9-11-23)17-29-20(4)27-24-16-26-13-12-25(24)29/h8-13,16,19,22,28H,5-7,14-15,17-18H2,1-4H3. The molecule has 1 N–H and O–H groups in total. The summed E-state index contributed by atoms with van der Waals surface area (Å²) in [4.78, 5) is 8.94. The third-order valence-electron chi connectivity index (χ3n) is 5.60. The van der Waals surface area contributed by atoms with Gasteiger partial charge in [0.1, 0.15) is 11.3 Å². The van der Waals surface area contributed by atoms with Crippen LogP contribution in [-0.4, -0.2) is 42.2 Å². The lowest BCUT2D eigenvalue weighted by Crippen LogP contribution is -2.39. The average Bonchev–Trinajstić information content (AvgIpc) is 3.08. The Bertz CT molecular complexity index is 1120. The summed E-state index contributed by atoms with van der Waals surface area (Å²) in [6, 6.07) is 8.76. The van der Waals surface area contributed by atoms with Gasteiger partial charge in [0.2, 0.25) is 10.0 Å². The molecular weight excluding hydrogens is 436 g/mol. The van der Waals surface area contributed by atoms with Gasteiger partial charge in [0.15, 0.2) is 0 Å². The normalized spacial score (nSPS) is 13.1. The fraction of sp³-hybridized carbons (Fsp3) is 0.520. The van der Waals surface area contributed by atoms with Gasteiger partial charge >= 0.3 is 0 Å². The number of imidazole rings is 1. The molecule has 8 heteroatoms. The van der Waals surface area contributed by atoms with Crippen LogP contribution in [0.4, 0.5) is 0 Å². The zero-order chi connectivity index (χ0) is 23.8. The molecule has 3 rings (SSSR count). The van der Waals surface area contributed by atoms with Gasteiger partial charge in [0, 0.05) is 25.4 Å². The molecule has 1 aromatic carbocycles. The second-order valence-corrected chi connectivity index (χ2v) is 10.7. The highest BCUT2D eigenvalue weighted by Crippen LogP contribution is 2.18. The fourth-order valence-electron chi connectivity index (χ4n) is 3.94. The predicted octanol–water partition coefficient (Wildman–Crippen LogP) is 4.69. The van der Waals surface area contributed by atoms with Gasteiger partial charge in [-0.25, -0.2) is 18.1 Å². The first-order valence-corrected chi connectivity index (χ1v) is 13.2. The van der Waals surface area contributed by atoms with Crippen LogP contribution in [0.15, 0.2) is 47.6 Å². The highest BCUT2D eigenvalue weighted by atomic mass is 32.2. The maximum absolute atomic E-state index is 13.0. The molecule has 0 bridgehead atoms. The van der Waals surface area contributed by atoms with Crippen LogP contribution in [0.5, 0.6) is 0 Å². The number of fused-ring (bicyclic) bond motifs is 1. The second kappa shape index (κ2) is 11.7. The number of nitrogens with zero attached hydrogens (tertiary/aromatic N) is 3. The summed E-state index contributed by atoms with van der Waals surface area (Å²) in [5.41, 5.74) is 2.87. The van der Waals surface area contributed by atoms with Crippen molar-refractivity contribution in [1.29, 1.82) is 0 Å². The van der Waals surface area contributed by atoms with E-state index in [4.69, 9.17) is 4.74 Å². The van der Waals surface area contributed by atoms with Crippen molar-refractivity contribution in [3.05, 3.63) is 54.1 Å². The maximum Gasteiger partial charge on any atom is 0.240 e. The Kier molecular flexibility index (Phi) is 9.00. The summed E-state index contributed by atoms with van der Waals surface area (Å²) in [5.74, 6) is 1.26. The Morgan fingerprint density at radius 1 is 1.12 bits per heavy atom.